The Kier molecular flexibility index (Phi) is 7.03. The molecule has 0 bridgehead atoms. The lowest BCUT2D eigenvalue weighted by Gasteiger charge is -2.23. The van der Waals surface area contributed by atoms with Gasteiger partial charge in [0.15, 0.2) is 0 Å². The van der Waals surface area contributed by atoms with E-state index in [1.54, 1.807) is 0 Å². The van der Waals surface area contributed by atoms with Gasteiger partial charge in [-0.1, -0.05) is 81.0 Å². The van der Waals surface area contributed by atoms with Crippen LogP contribution in [0.3, 0.4) is 0 Å². The molecule has 0 nitrogen and oxygen atoms in total. The summed E-state index contributed by atoms with van der Waals surface area (Å²) in [5.74, 6) is 0. The lowest BCUT2D eigenvalue weighted by Crippen LogP contribution is -2.28. The first-order valence-electron chi connectivity index (χ1n) is 7.48. The normalized spacial score (nSPS) is 12.2. The summed E-state index contributed by atoms with van der Waals surface area (Å²) in [7, 11) is -1.03. The zero-order valence-corrected chi connectivity index (χ0v) is 13.3. The molecule has 1 aromatic rings. The van der Waals surface area contributed by atoms with Crippen LogP contribution in [0.5, 0.6) is 0 Å². The Morgan fingerprint density at radius 1 is 0.944 bits per heavy atom. The quantitative estimate of drug-likeness (QED) is 0.421. The minimum absolute atomic E-state index is 1.03. The maximum Gasteiger partial charge on any atom is 0.0766 e. The van der Waals surface area contributed by atoms with Gasteiger partial charge >= 0.3 is 0 Å². The summed E-state index contributed by atoms with van der Waals surface area (Å²) in [6.07, 6.45) is 6.20. The van der Waals surface area contributed by atoms with E-state index in [0.717, 1.165) is 0 Å². The first-order chi connectivity index (χ1) is 8.76. The van der Waals surface area contributed by atoms with Gasteiger partial charge in [0, 0.05) is 0 Å². The molecule has 0 spiro atoms. The molecule has 0 heterocycles. The molecule has 100 valence electrons. The number of benzene rings is 1. The van der Waals surface area contributed by atoms with Crippen molar-refractivity contribution in [2.75, 3.05) is 0 Å². The second kappa shape index (κ2) is 8.31. The van der Waals surface area contributed by atoms with E-state index >= 15 is 0 Å². The molecule has 0 atom stereocenters. The van der Waals surface area contributed by atoms with E-state index in [-0.39, 0.29) is 0 Å². The molecule has 0 saturated heterocycles. The molecule has 0 fully saturated rings. The predicted octanol–water partition coefficient (Wildman–Crippen LogP) is 5.61. The van der Waals surface area contributed by atoms with E-state index in [1.165, 1.54) is 43.0 Å². The number of aryl methyl sites for hydroxylation is 1. The zero-order valence-electron chi connectivity index (χ0n) is 12.3. The summed E-state index contributed by atoms with van der Waals surface area (Å²) >= 11 is 0. The highest BCUT2D eigenvalue weighted by Gasteiger charge is 2.22. The summed E-state index contributed by atoms with van der Waals surface area (Å²) in [5.41, 5.74) is 4.08. The van der Waals surface area contributed by atoms with Crippen LogP contribution in [0.1, 0.15) is 39.2 Å². The van der Waals surface area contributed by atoms with Gasteiger partial charge in [-0.2, -0.15) is 0 Å². The molecule has 1 heteroatoms. The SMILES string of the molecule is CC[Si](/C=C/CCCc1ccccc1)(CC)CC. The van der Waals surface area contributed by atoms with Crippen molar-refractivity contribution in [1.82, 2.24) is 0 Å². The maximum absolute atomic E-state index is 2.61. The van der Waals surface area contributed by atoms with Crippen LogP contribution in [-0.4, -0.2) is 8.07 Å². The van der Waals surface area contributed by atoms with Gasteiger partial charge in [-0.15, -0.1) is 0 Å². The molecular formula is C17H28Si. The van der Waals surface area contributed by atoms with E-state index in [9.17, 15) is 0 Å². The minimum atomic E-state index is -1.03. The van der Waals surface area contributed by atoms with Crippen molar-refractivity contribution in [3.8, 4) is 0 Å². The lowest BCUT2D eigenvalue weighted by atomic mass is 10.1. The van der Waals surface area contributed by atoms with E-state index in [4.69, 9.17) is 0 Å². The first-order valence-corrected chi connectivity index (χ1v) is 10.2. The lowest BCUT2D eigenvalue weighted by molar-refractivity contribution is 0.843. The van der Waals surface area contributed by atoms with Gasteiger partial charge < -0.3 is 0 Å². The van der Waals surface area contributed by atoms with Gasteiger partial charge in [0.2, 0.25) is 0 Å². The average Bonchev–Trinajstić information content (AvgIpc) is 2.45. The van der Waals surface area contributed by atoms with Gasteiger partial charge in [0.25, 0.3) is 0 Å². The third kappa shape index (κ3) is 4.81. The summed E-state index contributed by atoms with van der Waals surface area (Å²) in [4.78, 5) is 0. The Hall–Kier alpha value is -0.823. The molecule has 0 N–H and O–H groups in total. The van der Waals surface area contributed by atoms with Crippen molar-refractivity contribution in [1.29, 1.82) is 0 Å². The summed E-state index contributed by atoms with van der Waals surface area (Å²) in [6, 6.07) is 15.0. The highest BCUT2D eigenvalue weighted by Crippen LogP contribution is 2.21. The topological polar surface area (TPSA) is 0 Å². The predicted molar refractivity (Wildman–Crippen MR) is 85.7 cm³/mol. The number of hydrogen-bond donors (Lipinski definition) is 0. The second-order valence-corrected chi connectivity index (χ2v) is 10.4. The fraction of sp³-hybridized carbons (Fsp3) is 0.529. The molecule has 1 rings (SSSR count). The molecule has 0 aliphatic carbocycles. The molecule has 0 aromatic heterocycles. The monoisotopic (exact) mass is 260 g/mol. The van der Waals surface area contributed by atoms with Crippen molar-refractivity contribution < 1.29 is 0 Å². The second-order valence-electron chi connectivity index (χ2n) is 5.20. The van der Waals surface area contributed by atoms with Crippen molar-refractivity contribution in [3.63, 3.8) is 0 Å². The van der Waals surface area contributed by atoms with Crippen LogP contribution < -0.4 is 0 Å². The van der Waals surface area contributed by atoms with Gasteiger partial charge in [0.1, 0.15) is 0 Å². The third-order valence-corrected chi connectivity index (χ3v) is 9.43. The first kappa shape index (κ1) is 15.2. The van der Waals surface area contributed by atoms with E-state index in [2.05, 4.69) is 62.9 Å². The van der Waals surface area contributed by atoms with Crippen LogP contribution in [0, 0.1) is 0 Å². The van der Waals surface area contributed by atoms with E-state index in [0.29, 0.717) is 0 Å². The smallest absolute Gasteiger partial charge is 0.0766 e. The third-order valence-electron chi connectivity index (χ3n) is 4.26. The Balaban J connectivity index is 2.33. The Labute approximate surface area is 114 Å². The Morgan fingerprint density at radius 3 is 2.11 bits per heavy atom. The summed E-state index contributed by atoms with van der Waals surface area (Å²) < 4.78 is 0. The minimum Gasteiger partial charge on any atom is -0.0981 e. The summed E-state index contributed by atoms with van der Waals surface area (Å²) in [5, 5.41) is 0. The molecule has 0 unspecified atom stereocenters. The fourth-order valence-corrected chi connectivity index (χ4v) is 5.38. The Morgan fingerprint density at radius 2 is 1.56 bits per heavy atom. The number of allylic oxidation sites excluding steroid dienone is 1. The van der Waals surface area contributed by atoms with Gasteiger partial charge in [0.05, 0.1) is 8.07 Å². The molecule has 0 aliphatic rings. The van der Waals surface area contributed by atoms with Crippen LogP contribution in [0.2, 0.25) is 18.1 Å². The highest BCUT2D eigenvalue weighted by atomic mass is 28.3. The van der Waals surface area contributed by atoms with Crippen molar-refractivity contribution in [3.05, 3.63) is 47.7 Å². The maximum atomic E-state index is 2.61. The van der Waals surface area contributed by atoms with Crippen LogP contribution in [0.4, 0.5) is 0 Å². The molecule has 0 radical (unpaired) electrons. The molecular weight excluding hydrogens is 232 g/mol. The molecule has 0 saturated carbocycles. The molecule has 1 aromatic carbocycles. The molecule has 18 heavy (non-hydrogen) atoms. The molecule has 0 amide bonds. The van der Waals surface area contributed by atoms with Crippen LogP contribution in [-0.2, 0) is 6.42 Å². The van der Waals surface area contributed by atoms with Crippen molar-refractivity contribution >= 4 is 8.07 Å². The summed E-state index contributed by atoms with van der Waals surface area (Å²) in [6.45, 7) is 7.11. The number of hydrogen-bond acceptors (Lipinski definition) is 0. The fourth-order valence-electron chi connectivity index (χ4n) is 2.51. The largest absolute Gasteiger partial charge is 0.0981 e. The van der Waals surface area contributed by atoms with Crippen LogP contribution >= 0.6 is 0 Å². The van der Waals surface area contributed by atoms with Gasteiger partial charge in [-0.25, -0.2) is 0 Å². The van der Waals surface area contributed by atoms with Crippen LogP contribution in [0.25, 0.3) is 0 Å². The van der Waals surface area contributed by atoms with Gasteiger partial charge in [-0.3, -0.25) is 0 Å². The van der Waals surface area contributed by atoms with Crippen molar-refractivity contribution in [2.24, 2.45) is 0 Å². The van der Waals surface area contributed by atoms with Gasteiger partial charge in [-0.05, 0) is 24.8 Å². The standard InChI is InChI=1S/C17H28Si/c1-4-18(5-2,6-3)16-12-8-11-15-17-13-9-7-10-14-17/h7,9-10,12-14,16H,4-6,8,11,15H2,1-3H3/b16-12+. The van der Waals surface area contributed by atoms with E-state index in [1.807, 2.05) is 0 Å². The van der Waals surface area contributed by atoms with Crippen LogP contribution in [0.15, 0.2) is 42.1 Å². The zero-order chi connectivity index (χ0) is 13.3. The van der Waals surface area contributed by atoms with Crippen molar-refractivity contribution in [2.45, 2.75) is 58.2 Å². The van der Waals surface area contributed by atoms with E-state index < -0.39 is 8.07 Å². The Bertz CT molecular complexity index is 328. The number of unbranched alkanes of at least 4 members (excludes halogenated alkanes) is 1. The molecule has 0 aliphatic heterocycles. The highest BCUT2D eigenvalue weighted by molar-refractivity contribution is 6.84. The number of rotatable bonds is 8. The average molecular weight is 260 g/mol.